The first kappa shape index (κ1) is 12.0. The van der Waals surface area contributed by atoms with Crippen LogP contribution in [0.3, 0.4) is 0 Å². The molecule has 7 heteroatoms. The summed E-state index contributed by atoms with van der Waals surface area (Å²) in [6, 6.07) is 4.31. The van der Waals surface area contributed by atoms with Crippen LogP contribution in [0.2, 0.25) is 0 Å². The first-order chi connectivity index (χ1) is 7.33. The molecule has 1 aromatic carbocycles. The summed E-state index contributed by atoms with van der Waals surface area (Å²) >= 11 is 0. The van der Waals surface area contributed by atoms with Crippen molar-refractivity contribution in [2.75, 3.05) is 0 Å². The first-order valence-electron chi connectivity index (χ1n) is 4.17. The molecular formula is C9H7F2NO4. The third kappa shape index (κ3) is 2.72. The number of rotatable bonds is 4. The van der Waals surface area contributed by atoms with Gasteiger partial charge in [-0.25, -0.2) is 4.79 Å². The van der Waals surface area contributed by atoms with E-state index in [1.165, 1.54) is 0 Å². The van der Waals surface area contributed by atoms with Gasteiger partial charge in [0.15, 0.2) is 0 Å². The predicted octanol–water partition coefficient (Wildman–Crippen LogP) is 1.86. The van der Waals surface area contributed by atoms with Gasteiger partial charge >= 0.3 is 11.9 Å². The number of halogens is 2. The number of nitro benzene ring substituents is 1. The minimum absolute atomic E-state index is 0.0259. The van der Waals surface area contributed by atoms with Gasteiger partial charge in [0.2, 0.25) is 0 Å². The van der Waals surface area contributed by atoms with Gasteiger partial charge in [-0.3, -0.25) is 10.1 Å². The molecule has 0 bridgehead atoms. The third-order valence-corrected chi connectivity index (χ3v) is 1.89. The Kier molecular flexibility index (Phi) is 3.17. The van der Waals surface area contributed by atoms with Crippen LogP contribution in [0.25, 0.3) is 0 Å². The van der Waals surface area contributed by atoms with Crippen molar-refractivity contribution in [2.45, 2.75) is 12.3 Å². The number of carboxylic acid groups (broad SMARTS) is 1. The average Bonchev–Trinajstić information content (AvgIpc) is 2.17. The minimum atomic E-state index is -3.86. The van der Waals surface area contributed by atoms with Crippen molar-refractivity contribution in [3.63, 3.8) is 0 Å². The number of nitrogens with zero attached hydrogens (tertiary/aromatic N) is 1. The summed E-state index contributed by atoms with van der Waals surface area (Å²) in [4.78, 5) is 19.7. The van der Waals surface area contributed by atoms with E-state index < -0.39 is 23.2 Å². The molecule has 1 rings (SSSR count). The quantitative estimate of drug-likeness (QED) is 0.633. The number of carbonyl (C=O) groups is 1. The maximum Gasteiger partial charge on any atom is 0.374 e. The third-order valence-electron chi connectivity index (χ3n) is 1.89. The van der Waals surface area contributed by atoms with E-state index in [1.807, 2.05) is 0 Å². The van der Waals surface area contributed by atoms with Crippen molar-refractivity contribution in [1.29, 1.82) is 0 Å². The van der Waals surface area contributed by atoms with Crippen molar-refractivity contribution in [1.82, 2.24) is 0 Å². The number of nitro groups is 1. The van der Waals surface area contributed by atoms with E-state index in [4.69, 9.17) is 5.11 Å². The number of non-ortho nitro benzene ring substituents is 1. The normalized spacial score (nSPS) is 11.1. The molecule has 0 amide bonds. The summed E-state index contributed by atoms with van der Waals surface area (Å²) in [5.74, 6) is -6.08. The lowest BCUT2D eigenvalue weighted by Crippen LogP contribution is -2.30. The molecule has 0 saturated heterocycles. The summed E-state index contributed by atoms with van der Waals surface area (Å²) in [6.45, 7) is 0. The van der Waals surface area contributed by atoms with E-state index in [0.29, 0.717) is 0 Å². The standard InChI is InChI=1S/C9H7F2NO4/c10-9(11,8(13)14)5-6-1-3-7(4-2-6)12(15)16/h1-4H,5H2,(H,13,14). The molecule has 5 nitrogen and oxygen atoms in total. The number of carboxylic acids is 1. The zero-order valence-electron chi connectivity index (χ0n) is 7.89. The van der Waals surface area contributed by atoms with Crippen LogP contribution in [-0.2, 0) is 11.2 Å². The van der Waals surface area contributed by atoms with Gasteiger partial charge in [0, 0.05) is 18.6 Å². The van der Waals surface area contributed by atoms with E-state index >= 15 is 0 Å². The Morgan fingerprint density at radius 3 is 2.25 bits per heavy atom. The topological polar surface area (TPSA) is 80.4 Å². The van der Waals surface area contributed by atoms with Crippen LogP contribution in [0.5, 0.6) is 0 Å². The van der Waals surface area contributed by atoms with Crippen LogP contribution in [0.4, 0.5) is 14.5 Å². The second-order valence-corrected chi connectivity index (χ2v) is 3.11. The number of aliphatic carboxylic acids is 1. The fraction of sp³-hybridized carbons (Fsp3) is 0.222. The number of hydrogen-bond donors (Lipinski definition) is 1. The summed E-state index contributed by atoms with van der Waals surface area (Å²) in [5, 5.41) is 18.5. The molecule has 0 atom stereocenters. The highest BCUT2D eigenvalue weighted by Gasteiger charge is 2.38. The van der Waals surface area contributed by atoms with E-state index in [0.717, 1.165) is 24.3 Å². The maximum absolute atomic E-state index is 12.8. The Morgan fingerprint density at radius 2 is 1.88 bits per heavy atom. The molecule has 0 saturated carbocycles. The number of benzene rings is 1. The van der Waals surface area contributed by atoms with E-state index in [2.05, 4.69) is 0 Å². The highest BCUT2D eigenvalue weighted by Crippen LogP contribution is 2.21. The molecule has 1 N–H and O–H groups in total. The Labute approximate surface area is 88.5 Å². The molecular weight excluding hydrogens is 224 g/mol. The summed E-state index contributed by atoms with van der Waals surface area (Å²) in [6.07, 6.45) is -0.986. The van der Waals surface area contributed by atoms with Gasteiger partial charge in [-0.05, 0) is 5.56 Å². The molecule has 0 fully saturated rings. The van der Waals surface area contributed by atoms with Crippen LogP contribution < -0.4 is 0 Å². The smallest absolute Gasteiger partial charge is 0.374 e. The van der Waals surface area contributed by atoms with Gasteiger partial charge in [-0.1, -0.05) is 12.1 Å². The van der Waals surface area contributed by atoms with Crippen molar-refractivity contribution in [2.24, 2.45) is 0 Å². The van der Waals surface area contributed by atoms with E-state index in [9.17, 15) is 23.7 Å². The fourth-order valence-electron chi connectivity index (χ4n) is 1.07. The van der Waals surface area contributed by atoms with Gasteiger partial charge in [-0.15, -0.1) is 0 Å². The molecule has 1 aromatic rings. The van der Waals surface area contributed by atoms with Gasteiger partial charge < -0.3 is 5.11 Å². The van der Waals surface area contributed by atoms with Gasteiger partial charge in [0.05, 0.1) is 4.92 Å². The number of hydrogen-bond acceptors (Lipinski definition) is 3. The molecule has 0 aliphatic heterocycles. The Morgan fingerprint density at radius 1 is 1.38 bits per heavy atom. The van der Waals surface area contributed by atoms with E-state index in [-0.39, 0.29) is 11.3 Å². The zero-order chi connectivity index (χ0) is 12.3. The van der Waals surface area contributed by atoms with Crippen LogP contribution in [0.1, 0.15) is 5.56 Å². The van der Waals surface area contributed by atoms with Crippen molar-refractivity contribution in [3.8, 4) is 0 Å². The lowest BCUT2D eigenvalue weighted by Gasteiger charge is -2.10. The van der Waals surface area contributed by atoms with Crippen molar-refractivity contribution >= 4 is 11.7 Å². The summed E-state index contributed by atoms with van der Waals surface area (Å²) in [5.41, 5.74) is -0.208. The summed E-state index contributed by atoms with van der Waals surface area (Å²) in [7, 11) is 0. The van der Waals surface area contributed by atoms with Gasteiger partial charge in [-0.2, -0.15) is 8.78 Å². The molecule has 86 valence electrons. The number of alkyl halides is 2. The molecule has 0 aromatic heterocycles. The largest absolute Gasteiger partial charge is 0.477 e. The van der Waals surface area contributed by atoms with Crippen molar-refractivity contribution < 1.29 is 23.6 Å². The van der Waals surface area contributed by atoms with Crippen LogP contribution >= 0.6 is 0 Å². The first-order valence-corrected chi connectivity index (χ1v) is 4.17. The fourth-order valence-corrected chi connectivity index (χ4v) is 1.07. The van der Waals surface area contributed by atoms with Gasteiger partial charge in [0.1, 0.15) is 0 Å². The van der Waals surface area contributed by atoms with Crippen LogP contribution in [0.15, 0.2) is 24.3 Å². The van der Waals surface area contributed by atoms with Crippen molar-refractivity contribution in [3.05, 3.63) is 39.9 Å². The summed E-state index contributed by atoms with van der Waals surface area (Å²) < 4.78 is 25.5. The second-order valence-electron chi connectivity index (χ2n) is 3.11. The second kappa shape index (κ2) is 4.21. The Bertz CT molecular complexity index is 416. The predicted molar refractivity (Wildman–Crippen MR) is 49.4 cm³/mol. The highest BCUT2D eigenvalue weighted by molar-refractivity contribution is 5.75. The molecule has 16 heavy (non-hydrogen) atoms. The Balaban J connectivity index is 2.84. The Hall–Kier alpha value is -2.05. The average molecular weight is 231 g/mol. The van der Waals surface area contributed by atoms with Crippen LogP contribution in [0, 0.1) is 10.1 Å². The highest BCUT2D eigenvalue weighted by atomic mass is 19.3. The molecule has 0 aliphatic carbocycles. The van der Waals surface area contributed by atoms with Crippen LogP contribution in [-0.4, -0.2) is 21.9 Å². The lowest BCUT2D eigenvalue weighted by molar-refractivity contribution is -0.384. The molecule has 0 heterocycles. The zero-order valence-corrected chi connectivity index (χ0v) is 7.89. The van der Waals surface area contributed by atoms with E-state index in [1.54, 1.807) is 0 Å². The minimum Gasteiger partial charge on any atom is -0.477 e. The van der Waals surface area contributed by atoms with Gasteiger partial charge in [0.25, 0.3) is 5.69 Å². The maximum atomic E-state index is 12.8. The SMILES string of the molecule is O=C(O)C(F)(F)Cc1ccc([N+](=O)[O-])cc1. The molecule has 0 spiro atoms. The molecule has 0 radical (unpaired) electrons. The monoisotopic (exact) mass is 231 g/mol. The lowest BCUT2D eigenvalue weighted by atomic mass is 10.1. The molecule has 0 unspecified atom stereocenters. The molecule has 0 aliphatic rings.